The average molecular weight is 240 g/mol. The van der Waals surface area contributed by atoms with Gasteiger partial charge in [0.1, 0.15) is 0 Å². The number of halogens is 3. The second kappa shape index (κ2) is 5.53. The largest absolute Gasteiger partial charge is 0.416 e. The number of Topliss-reactive ketones (excluding diaryl/α,β-unsaturated/α-hetero) is 1. The molecule has 0 radical (unpaired) electrons. The predicted octanol–water partition coefficient (Wildman–Crippen LogP) is 3.69. The molecule has 0 unspecified atom stereocenters. The van der Waals surface area contributed by atoms with Crippen LogP contribution in [0.2, 0.25) is 0 Å². The van der Waals surface area contributed by atoms with Gasteiger partial charge in [0.15, 0.2) is 0 Å². The van der Waals surface area contributed by atoms with Crippen molar-refractivity contribution in [3.8, 4) is 11.8 Å². The van der Waals surface area contributed by atoms with Gasteiger partial charge in [0.2, 0.25) is 5.78 Å². The van der Waals surface area contributed by atoms with E-state index in [0.29, 0.717) is 6.42 Å². The third-order valence-corrected chi connectivity index (χ3v) is 2.05. The van der Waals surface area contributed by atoms with E-state index in [2.05, 4.69) is 11.8 Å². The Balaban J connectivity index is 2.82. The van der Waals surface area contributed by atoms with Crippen LogP contribution in [0.4, 0.5) is 13.2 Å². The van der Waals surface area contributed by atoms with Gasteiger partial charge in [0.25, 0.3) is 0 Å². The first kappa shape index (κ1) is 13.3. The van der Waals surface area contributed by atoms with E-state index in [1.54, 1.807) is 0 Å². The molecule has 0 atom stereocenters. The predicted molar refractivity (Wildman–Crippen MR) is 58.5 cm³/mol. The fourth-order valence-electron chi connectivity index (χ4n) is 1.15. The molecule has 0 heterocycles. The van der Waals surface area contributed by atoms with E-state index in [1.165, 1.54) is 0 Å². The minimum atomic E-state index is -4.38. The van der Waals surface area contributed by atoms with Crippen LogP contribution in [0.3, 0.4) is 0 Å². The second-order valence-electron chi connectivity index (χ2n) is 3.46. The molecule has 0 spiro atoms. The summed E-state index contributed by atoms with van der Waals surface area (Å²) in [5.74, 6) is 4.59. The highest BCUT2D eigenvalue weighted by molar-refractivity contribution is 6.08. The number of carbonyl (C=O) groups is 1. The van der Waals surface area contributed by atoms with Crippen molar-refractivity contribution < 1.29 is 18.0 Å². The Morgan fingerprint density at radius 3 is 2.29 bits per heavy atom. The smallest absolute Gasteiger partial charge is 0.279 e. The Morgan fingerprint density at radius 1 is 1.24 bits per heavy atom. The molecule has 0 bridgehead atoms. The van der Waals surface area contributed by atoms with Gasteiger partial charge in [-0.05, 0) is 36.6 Å². The zero-order chi connectivity index (χ0) is 12.9. The van der Waals surface area contributed by atoms with Crippen molar-refractivity contribution in [3.05, 3.63) is 35.4 Å². The molecule has 4 heteroatoms. The Labute approximate surface area is 97.6 Å². The van der Waals surface area contributed by atoms with Crippen LogP contribution in [0, 0.1) is 11.8 Å². The van der Waals surface area contributed by atoms with Crippen LogP contribution in [0.1, 0.15) is 35.7 Å². The molecule has 0 aliphatic carbocycles. The van der Waals surface area contributed by atoms with Gasteiger partial charge in [-0.1, -0.05) is 12.8 Å². The summed E-state index contributed by atoms with van der Waals surface area (Å²) in [4.78, 5) is 11.4. The SMILES string of the molecule is CCCC#CC(=O)c1ccc(C(F)(F)F)cc1. The summed E-state index contributed by atoms with van der Waals surface area (Å²) < 4.78 is 36.8. The van der Waals surface area contributed by atoms with Crippen LogP contribution >= 0.6 is 0 Å². The van der Waals surface area contributed by atoms with Crippen molar-refractivity contribution in [3.63, 3.8) is 0 Å². The molecule has 1 aromatic rings. The lowest BCUT2D eigenvalue weighted by molar-refractivity contribution is -0.137. The molecule has 0 aromatic heterocycles. The maximum Gasteiger partial charge on any atom is 0.416 e. The number of carbonyl (C=O) groups excluding carboxylic acids is 1. The third-order valence-electron chi connectivity index (χ3n) is 2.05. The summed E-state index contributed by atoms with van der Waals surface area (Å²) in [7, 11) is 0. The van der Waals surface area contributed by atoms with Crippen molar-refractivity contribution in [1.29, 1.82) is 0 Å². The van der Waals surface area contributed by atoms with Crippen LogP contribution in [-0.2, 0) is 6.18 Å². The van der Waals surface area contributed by atoms with Gasteiger partial charge in [-0.25, -0.2) is 0 Å². The quantitative estimate of drug-likeness (QED) is 0.437. The molecule has 17 heavy (non-hydrogen) atoms. The van der Waals surface area contributed by atoms with Crippen molar-refractivity contribution in [2.45, 2.75) is 25.9 Å². The van der Waals surface area contributed by atoms with E-state index in [-0.39, 0.29) is 5.56 Å². The lowest BCUT2D eigenvalue weighted by Gasteiger charge is -2.05. The summed E-state index contributed by atoms with van der Waals surface area (Å²) in [6.45, 7) is 1.93. The van der Waals surface area contributed by atoms with Gasteiger partial charge in [-0.2, -0.15) is 13.2 Å². The summed E-state index contributed by atoms with van der Waals surface area (Å²) in [6.07, 6.45) is -2.94. The number of ketones is 1. The Morgan fingerprint density at radius 2 is 1.82 bits per heavy atom. The standard InChI is InChI=1S/C13H11F3O/c1-2-3-4-5-12(17)10-6-8-11(9-7-10)13(14,15)16/h6-9H,2-3H2,1H3. The van der Waals surface area contributed by atoms with Gasteiger partial charge < -0.3 is 0 Å². The molecular formula is C13H11F3O. The normalized spacial score (nSPS) is 10.6. The molecule has 0 amide bonds. The fraction of sp³-hybridized carbons (Fsp3) is 0.308. The van der Waals surface area contributed by atoms with Crippen LogP contribution in [0.15, 0.2) is 24.3 Å². The molecule has 0 saturated carbocycles. The van der Waals surface area contributed by atoms with Crippen molar-refractivity contribution in [1.82, 2.24) is 0 Å². The molecular weight excluding hydrogens is 229 g/mol. The molecule has 0 aliphatic heterocycles. The molecule has 1 aromatic carbocycles. The van der Waals surface area contributed by atoms with E-state index >= 15 is 0 Å². The molecule has 1 rings (SSSR count). The molecule has 1 nitrogen and oxygen atoms in total. The number of rotatable bonds is 2. The highest BCUT2D eigenvalue weighted by Crippen LogP contribution is 2.29. The van der Waals surface area contributed by atoms with Gasteiger partial charge in [-0.3, -0.25) is 4.79 Å². The summed E-state index contributed by atoms with van der Waals surface area (Å²) >= 11 is 0. The number of hydrogen-bond acceptors (Lipinski definition) is 1. The van der Waals surface area contributed by atoms with Crippen molar-refractivity contribution in [2.75, 3.05) is 0 Å². The van der Waals surface area contributed by atoms with E-state index in [0.717, 1.165) is 30.7 Å². The highest BCUT2D eigenvalue weighted by atomic mass is 19.4. The van der Waals surface area contributed by atoms with E-state index in [1.807, 2.05) is 6.92 Å². The molecule has 0 fully saturated rings. The number of alkyl halides is 3. The maximum absolute atomic E-state index is 12.3. The highest BCUT2D eigenvalue weighted by Gasteiger charge is 2.30. The lowest BCUT2D eigenvalue weighted by Crippen LogP contribution is -2.05. The van der Waals surface area contributed by atoms with Gasteiger partial charge >= 0.3 is 6.18 Å². The van der Waals surface area contributed by atoms with Crippen LogP contribution in [0.25, 0.3) is 0 Å². The van der Waals surface area contributed by atoms with Crippen molar-refractivity contribution >= 4 is 5.78 Å². The first-order valence-electron chi connectivity index (χ1n) is 5.15. The summed E-state index contributed by atoms with van der Waals surface area (Å²) in [5, 5.41) is 0. The van der Waals surface area contributed by atoms with Gasteiger partial charge in [-0.15, -0.1) is 0 Å². The van der Waals surface area contributed by atoms with E-state index < -0.39 is 17.5 Å². The number of unbranched alkanes of at least 4 members (excludes halogenated alkanes) is 1. The number of benzene rings is 1. The first-order chi connectivity index (χ1) is 7.95. The zero-order valence-electron chi connectivity index (χ0n) is 9.27. The lowest BCUT2D eigenvalue weighted by atomic mass is 10.1. The molecule has 0 aliphatic rings. The Kier molecular flexibility index (Phi) is 4.33. The van der Waals surface area contributed by atoms with Gasteiger partial charge in [0, 0.05) is 12.0 Å². The van der Waals surface area contributed by atoms with E-state index in [9.17, 15) is 18.0 Å². The van der Waals surface area contributed by atoms with E-state index in [4.69, 9.17) is 0 Å². The zero-order valence-corrected chi connectivity index (χ0v) is 9.27. The maximum atomic E-state index is 12.3. The summed E-state index contributed by atoms with van der Waals surface area (Å²) in [5.41, 5.74) is -0.586. The minimum absolute atomic E-state index is 0.182. The first-order valence-corrected chi connectivity index (χ1v) is 5.15. The summed E-state index contributed by atoms with van der Waals surface area (Å²) in [6, 6.07) is 4.06. The van der Waals surface area contributed by atoms with Crippen LogP contribution in [0.5, 0.6) is 0 Å². The second-order valence-corrected chi connectivity index (χ2v) is 3.46. The van der Waals surface area contributed by atoms with Crippen LogP contribution in [-0.4, -0.2) is 5.78 Å². The fourth-order valence-corrected chi connectivity index (χ4v) is 1.15. The van der Waals surface area contributed by atoms with Gasteiger partial charge in [0.05, 0.1) is 5.56 Å². The minimum Gasteiger partial charge on any atom is -0.279 e. The monoisotopic (exact) mass is 240 g/mol. The Bertz CT molecular complexity index is 446. The Hall–Kier alpha value is -1.76. The van der Waals surface area contributed by atoms with Crippen molar-refractivity contribution in [2.24, 2.45) is 0 Å². The van der Waals surface area contributed by atoms with Crippen LogP contribution < -0.4 is 0 Å². The molecule has 0 saturated heterocycles. The third kappa shape index (κ3) is 3.95. The molecule has 0 N–H and O–H groups in total. The number of hydrogen-bond donors (Lipinski definition) is 0. The average Bonchev–Trinajstić information content (AvgIpc) is 2.28. The molecule has 90 valence electrons. The topological polar surface area (TPSA) is 17.1 Å².